The van der Waals surface area contributed by atoms with Crippen LogP contribution in [0.3, 0.4) is 0 Å². The number of nitrogens with zero attached hydrogens (tertiary/aromatic N) is 2. The molecule has 1 aromatic carbocycles. The van der Waals surface area contributed by atoms with Gasteiger partial charge in [0.2, 0.25) is 0 Å². The zero-order valence-electron chi connectivity index (χ0n) is 14.5. The van der Waals surface area contributed by atoms with Gasteiger partial charge in [0, 0.05) is 22.8 Å². The number of aromatic nitrogens is 2. The number of carbonyl (C=O) groups excluding carboxylic acids is 1. The molecule has 0 unspecified atom stereocenters. The van der Waals surface area contributed by atoms with E-state index in [1.54, 1.807) is 25.3 Å². The van der Waals surface area contributed by atoms with Gasteiger partial charge in [-0.05, 0) is 41.6 Å². The molecule has 26 heavy (non-hydrogen) atoms. The first-order valence-electron chi connectivity index (χ1n) is 8.25. The van der Waals surface area contributed by atoms with Gasteiger partial charge in [0.25, 0.3) is 0 Å². The van der Waals surface area contributed by atoms with Crippen LogP contribution in [0.2, 0.25) is 5.02 Å². The lowest BCUT2D eigenvalue weighted by Crippen LogP contribution is -2.24. The van der Waals surface area contributed by atoms with Gasteiger partial charge in [-0.2, -0.15) is 0 Å². The zero-order valence-corrected chi connectivity index (χ0v) is 15.3. The second-order valence-corrected chi connectivity index (χ2v) is 6.27. The van der Waals surface area contributed by atoms with E-state index >= 15 is 0 Å². The van der Waals surface area contributed by atoms with Crippen LogP contribution < -0.4 is 10.4 Å². The zero-order chi connectivity index (χ0) is 18.7. The van der Waals surface area contributed by atoms with E-state index in [1.165, 1.54) is 0 Å². The van der Waals surface area contributed by atoms with Gasteiger partial charge in [-0.25, -0.2) is 4.79 Å². The molecule has 3 rings (SSSR count). The second kappa shape index (κ2) is 7.58. The summed E-state index contributed by atoms with van der Waals surface area (Å²) in [7, 11) is 0. The van der Waals surface area contributed by atoms with Crippen molar-refractivity contribution < 1.29 is 9.53 Å². The summed E-state index contributed by atoms with van der Waals surface area (Å²) in [6.07, 6.45) is 7.27. The van der Waals surface area contributed by atoms with Gasteiger partial charge in [-0.1, -0.05) is 36.9 Å². The molecule has 0 bridgehead atoms. The summed E-state index contributed by atoms with van der Waals surface area (Å²) < 4.78 is 7.15. The van der Waals surface area contributed by atoms with Crippen molar-refractivity contribution in [1.29, 1.82) is 0 Å². The van der Waals surface area contributed by atoms with E-state index in [0.717, 1.165) is 27.0 Å². The van der Waals surface area contributed by atoms with Crippen LogP contribution in [-0.2, 0) is 11.3 Å². The lowest BCUT2D eigenvalue weighted by atomic mass is 10.1. The first kappa shape index (κ1) is 18.0. The molecule has 0 radical (unpaired) electrons. The highest BCUT2D eigenvalue weighted by atomic mass is 35.5. The van der Waals surface area contributed by atoms with E-state index in [0.29, 0.717) is 23.7 Å². The summed E-state index contributed by atoms with van der Waals surface area (Å²) in [5.74, 6) is -0.387. The molecule has 132 valence electrons. The van der Waals surface area contributed by atoms with Crippen LogP contribution in [0.5, 0.6) is 0 Å². The lowest BCUT2D eigenvalue weighted by Gasteiger charge is -2.10. The summed E-state index contributed by atoms with van der Waals surface area (Å²) in [5, 5.41) is 3.19. The van der Waals surface area contributed by atoms with Gasteiger partial charge in [0.05, 0.1) is 29.9 Å². The van der Waals surface area contributed by atoms with E-state index in [9.17, 15) is 4.79 Å². The maximum absolute atomic E-state index is 12.4. The summed E-state index contributed by atoms with van der Waals surface area (Å²) in [6, 6.07) is 7.37. The molecular weight excluding hydrogens is 348 g/mol. The monoisotopic (exact) mass is 366 g/mol. The van der Waals surface area contributed by atoms with Crippen molar-refractivity contribution in [2.75, 3.05) is 6.61 Å². The van der Waals surface area contributed by atoms with Crippen molar-refractivity contribution in [2.24, 2.45) is 0 Å². The summed E-state index contributed by atoms with van der Waals surface area (Å²) in [4.78, 5) is 16.8. The number of fused-ring (bicyclic) bond motifs is 1. The van der Waals surface area contributed by atoms with Gasteiger partial charge in [0.1, 0.15) is 0 Å². The fourth-order valence-corrected chi connectivity index (χ4v) is 3.12. The van der Waals surface area contributed by atoms with E-state index in [2.05, 4.69) is 18.1 Å². The third-order valence-corrected chi connectivity index (χ3v) is 4.25. The Kier molecular flexibility index (Phi) is 5.24. The maximum Gasteiger partial charge on any atom is 0.340 e. The first-order chi connectivity index (χ1) is 12.5. The number of hydrogen-bond acceptors (Lipinski definition) is 3. The average molecular weight is 367 g/mol. The van der Waals surface area contributed by atoms with Crippen LogP contribution in [0.15, 0.2) is 49.3 Å². The molecule has 0 saturated carbocycles. The normalized spacial score (nSPS) is 11.7. The minimum Gasteiger partial charge on any atom is -0.462 e. The minimum atomic E-state index is -0.387. The van der Waals surface area contributed by atoms with E-state index in [1.807, 2.05) is 35.0 Å². The topological polar surface area (TPSA) is 44.1 Å². The molecule has 0 aliphatic heterocycles. The number of hydrogen-bond donors (Lipinski definition) is 0. The van der Waals surface area contributed by atoms with Gasteiger partial charge in [-0.15, -0.1) is 0 Å². The standard InChI is InChI=1S/C21H19ClN2O2/c1-4-6-15-10-18(23-12-14(15)3)13-24-8-7-16-9-17(22)11-19(20(16)24)21(25)26-5-2/h4,6-12H,1,3,5,13H2,2H3/b15-6-. The van der Waals surface area contributed by atoms with Crippen molar-refractivity contribution in [3.05, 3.63) is 76.0 Å². The van der Waals surface area contributed by atoms with Crippen LogP contribution in [0.25, 0.3) is 23.6 Å². The van der Waals surface area contributed by atoms with Crippen molar-refractivity contribution >= 4 is 41.1 Å². The Morgan fingerprint density at radius 1 is 1.38 bits per heavy atom. The van der Waals surface area contributed by atoms with Gasteiger partial charge >= 0.3 is 5.97 Å². The molecule has 0 aliphatic rings. The molecular formula is C21H19ClN2O2. The van der Waals surface area contributed by atoms with E-state index in [-0.39, 0.29) is 5.97 Å². The highest BCUT2D eigenvalue weighted by Crippen LogP contribution is 2.26. The highest BCUT2D eigenvalue weighted by Gasteiger charge is 2.16. The van der Waals surface area contributed by atoms with Crippen molar-refractivity contribution in [2.45, 2.75) is 13.5 Å². The predicted octanol–water partition coefficient (Wildman–Crippen LogP) is 3.29. The van der Waals surface area contributed by atoms with Crippen LogP contribution >= 0.6 is 11.6 Å². The minimum absolute atomic E-state index is 0.306. The molecule has 0 spiro atoms. The maximum atomic E-state index is 12.4. The Bertz CT molecular complexity index is 1100. The Morgan fingerprint density at radius 2 is 2.19 bits per heavy atom. The summed E-state index contributed by atoms with van der Waals surface area (Å²) in [5.41, 5.74) is 2.08. The molecule has 0 fully saturated rings. The van der Waals surface area contributed by atoms with Crippen molar-refractivity contribution in [1.82, 2.24) is 9.55 Å². The van der Waals surface area contributed by atoms with Crippen molar-refractivity contribution in [3.63, 3.8) is 0 Å². The van der Waals surface area contributed by atoms with Crippen molar-refractivity contribution in [3.8, 4) is 0 Å². The van der Waals surface area contributed by atoms with Crippen LogP contribution in [-0.4, -0.2) is 22.1 Å². The van der Waals surface area contributed by atoms with Crippen LogP contribution in [0.4, 0.5) is 0 Å². The van der Waals surface area contributed by atoms with Crippen LogP contribution in [0, 0.1) is 0 Å². The molecule has 4 nitrogen and oxygen atoms in total. The Morgan fingerprint density at radius 3 is 2.92 bits per heavy atom. The number of ether oxygens (including phenoxy) is 1. The SMILES string of the molecule is C=C/C=c1/cc(Cn2ccc3cc(Cl)cc(C(=O)OCC)c32)ncc1=C. The molecule has 5 heteroatoms. The number of allylic oxidation sites excluding steroid dienone is 1. The molecule has 0 atom stereocenters. The number of esters is 1. The van der Waals surface area contributed by atoms with Gasteiger partial charge in [0.15, 0.2) is 0 Å². The smallest absolute Gasteiger partial charge is 0.340 e. The number of pyridine rings is 1. The molecule has 2 aromatic heterocycles. The Balaban J connectivity index is 2.11. The highest BCUT2D eigenvalue weighted by molar-refractivity contribution is 6.32. The van der Waals surface area contributed by atoms with Crippen LogP contribution in [0.1, 0.15) is 23.0 Å². The molecule has 0 aliphatic carbocycles. The third-order valence-electron chi connectivity index (χ3n) is 4.03. The number of carbonyl (C=O) groups is 1. The number of rotatable bonds is 5. The fraction of sp³-hybridized carbons (Fsp3) is 0.143. The largest absolute Gasteiger partial charge is 0.462 e. The summed E-state index contributed by atoms with van der Waals surface area (Å²) >= 11 is 6.16. The second-order valence-electron chi connectivity index (χ2n) is 5.83. The summed E-state index contributed by atoms with van der Waals surface area (Å²) in [6.45, 7) is 10.3. The molecule has 3 aromatic rings. The molecule has 0 amide bonds. The number of halogens is 1. The van der Waals surface area contributed by atoms with Gasteiger partial charge in [-0.3, -0.25) is 4.98 Å². The molecule has 0 saturated heterocycles. The number of benzene rings is 1. The van der Waals surface area contributed by atoms with Gasteiger partial charge < -0.3 is 9.30 Å². The predicted molar refractivity (Wildman–Crippen MR) is 106 cm³/mol. The quantitative estimate of drug-likeness (QED) is 0.651. The lowest BCUT2D eigenvalue weighted by molar-refractivity contribution is 0.0528. The fourth-order valence-electron chi connectivity index (χ4n) is 2.90. The molecule has 0 N–H and O–H groups in total. The third kappa shape index (κ3) is 3.55. The van der Waals surface area contributed by atoms with E-state index in [4.69, 9.17) is 16.3 Å². The average Bonchev–Trinajstić information content (AvgIpc) is 3.00. The first-order valence-corrected chi connectivity index (χ1v) is 8.63. The molecule has 2 heterocycles. The Hall–Kier alpha value is -2.85. The van der Waals surface area contributed by atoms with E-state index < -0.39 is 0 Å². The Labute approximate surface area is 156 Å².